The van der Waals surface area contributed by atoms with Gasteiger partial charge in [0.2, 0.25) is 0 Å². The first-order valence-electron chi connectivity index (χ1n) is 4.39. The van der Waals surface area contributed by atoms with Crippen LogP contribution in [0.3, 0.4) is 0 Å². The Balaban J connectivity index is 2.24. The molecule has 0 unspecified atom stereocenters. The largest absolute Gasteiger partial charge is 0.450 e. The zero-order chi connectivity index (χ0) is 9.97. The van der Waals surface area contributed by atoms with Gasteiger partial charge in [-0.3, -0.25) is 0 Å². The lowest BCUT2D eigenvalue weighted by molar-refractivity contribution is -0.140. The summed E-state index contributed by atoms with van der Waals surface area (Å²) < 4.78 is 5.06. The number of hydrogen-bond donors (Lipinski definition) is 1. The molecule has 1 aliphatic heterocycles. The van der Waals surface area contributed by atoms with Crippen LogP contribution in [0, 0.1) is 0 Å². The number of benzene rings is 1. The van der Waals surface area contributed by atoms with Crippen LogP contribution in [-0.4, -0.2) is 17.7 Å². The first kappa shape index (κ1) is 8.97. The van der Waals surface area contributed by atoms with Crippen molar-refractivity contribution in [1.29, 1.82) is 0 Å². The van der Waals surface area contributed by atoms with Crippen LogP contribution >= 0.6 is 0 Å². The molecular weight excluding hydrogens is 180 g/mol. The Bertz CT molecular complexity index is 367. The molecule has 0 fully saturated rings. The van der Waals surface area contributed by atoms with Crippen LogP contribution in [0.25, 0.3) is 0 Å². The van der Waals surface area contributed by atoms with Gasteiger partial charge >= 0.3 is 5.97 Å². The summed E-state index contributed by atoms with van der Waals surface area (Å²) in [6, 6.07) is 9.43. The number of hydrogen-bond acceptors (Lipinski definition) is 3. The van der Waals surface area contributed by atoms with Gasteiger partial charge in [-0.2, -0.15) is 0 Å². The lowest BCUT2D eigenvalue weighted by Crippen LogP contribution is -2.04. The maximum absolute atomic E-state index is 11.1. The number of cyclic esters (lactones) is 1. The molecule has 3 heteroatoms. The molecule has 1 aromatic rings. The lowest BCUT2D eigenvalue weighted by atomic mass is 10.1. The van der Waals surface area contributed by atoms with E-state index in [4.69, 9.17) is 9.84 Å². The molecule has 0 spiro atoms. The Morgan fingerprint density at radius 3 is 2.57 bits per heavy atom. The smallest absolute Gasteiger partial charge is 0.337 e. The SMILES string of the molecule is O=C1O[C@H](c2ccccc2)C=C1CO. The van der Waals surface area contributed by atoms with E-state index in [1.807, 2.05) is 30.3 Å². The van der Waals surface area contributed by atoms with E-state index in [0.717, 1.165) is 5.56 Å². The molecule has 1 heterocycles. The van der Waals surface area contributed by atoms with Crippen molar-refractivity contribution in [1.82, 2.24) is 0 Å². The second-order valence-electron chi connectivity index (χ2n) is 3.09. The normalized spacial score (nSPS) is 20.5. The molecule has 0 saturated heterocycles. The van der Waals surface area contributed by atoms with E-state index in [1.54, 1.807) is 6.08 Å². The quantitative estimate of drug-likeness (QED) is 0.713. The Labute approximate surface area is 81.6 Å². The Kier molecular flexibility index (Phi) is 2.33. The third kappa shape index (κ3) is 1.54. The van der Waals surface area contributed by atoms with Gasteiger partial charge in [0, 0.05) is 0 Å². The van der Waals surface area contributed by atoms with Crippen LogP contribution < -0.4 is 0 Å². The molecule has 1 atom stereocenters. The molecule has 1 aromatic carbocycles. The minimum absolute atomic E-state index is 0.262. The zero-order valence-electron chi connectivity index (χ0n) is 7.51. The third-order valence-corrected chi connectivity index (χ3v) is 2.15. The third-order valence-electron chi connectivity index (χ3n) is 2.15. The van der Waals surface area contributed by atoms with Crippen molar-refractivity contribution in [2.45, 2.75) is 6.10 Å². The van der Waals surface area contributed by atoms with E-state index < -0.39 is 5.97 Å². The molecule has 0 aliphatic carbocycles. The number of aliphatic hydroxyl groups is 1. The van der Waals surface area contributed by atoms with Crippen molar-refractivity contribution in [2.24, 2.45) is 0 Å². The molecule has 1 aliphatic rings. The van der Waals surface area contributed by atoms with Crippen molar-refractivity contribution in [2.75, 3.05) is 6.61 Å². The average molecular weight is 190 g/mol. The van der Waals surface area contributed by atoms with Crippen LogP contribution in [-0.2, 0) is 9.53 Å². The topological polar surface area (TPSA) is 46.5 Å². The maximum Gasteiger partial charge on any atom is 0.337 e. The van der Waals surface area contributed by atoms with E-state index >= 15 is 0 Å². The lowest BCUT2D eigenvalue weighted by Gasteiger charge is -2.07. The summed E-state index contributed by atoms with van der Waals surface area (Å²) in [6.07, 6.45) is 1.31. The highest BCUT2D eigenvalue weighted by Crippen LogP contribution is 2.26. The van der Waals surface area contributed by atoms with Crippen LogP contribution in [0.15, 0.2) is 42.0 Å². The number of ether oxygens (including phenoxy) is 1. The van der Waals surface area contributed by atoms with E-state index in [0.29, 0.717) is 5.57 Å². The minimum atomic E-state index is -0.429. The molecule has 0 radical (unpaired) electrons. The molecule has 0 amide bonds. The fourth-order valence-electron chi connectivity index (χ4n) is 1.40. The molecule has 2 rings (SSSR count). The van der Waals surface area contributed by atoms with E-state index in [2.05, 4.69) is 0 Å². The number of esters is 1. The second kappa shape index (κ2) is 3.64. The monoisotopic (exact) mass is 190 g/mol. The molecule has 0 saturated carbocycles. The van der Waals surface area contributed by atoms with Crippen LogP contribution in [0.1, 0.15) is 11.7 Å². The molecule has 14 heavy (non-hydrogen) atoms. The summed E-state index contributed by atoms with van der Waals surface area (Å²) in [5.41, 5.74) is 1.25. The van der Waals surface area contributed by atoms with E-state index in [9.17, 15) is 4.79 Å². The van der Waals surface area contributed by atoms with Crippen molar-refractivity contribution in [3.05, 3.63) is 47.5 Å². The fraction of sp³-hybridized carbons (Fsp3) is 0.182. The van der Waals surface area contributed by atoms with Crippen LogP contribution in [0.5, 0.6) is 0 Å². The van der Waals surface area contributed by atoms with Crippen molar-refractivity contribution < 1.29 is 14.6 Å². The van der Waals surface area contributed by atoms with Gasteiger partial charge in [0.05, 0.1) is 12.2 Å². The average Bonchev–Trinajstić information content (AvgIpc) is 2.61. The molecule has 0 aromatic heterocycles. The summed E-state index contributed by atoms with van der Waals surface area (Å²) in [7, 11) is 0. The van der Waals surface area contributed by atoms with Crippen LogP contribution in [0.4, 0.5) is 0 Å². The highest BCUT2D eigenvalue weighted by molar-refractivity contribution is 5.91. The highest BCUT2D eigenvalue weighted by Gasteiger charge is 2.25. The second-order valence-corrected chi connectivity index (χ2v) is 3.09. The van der Waals surface area contributed by atoms with Gasteiger partial charge in [-0.1, -0.05) is 30.3 Å². The maximum atomic E-state index is 11.1. The summed E-state index contributed by atoms with van der Waals surface area (Å²) in [6.45, 7) is -0.262. The number of carbonyl (C=O) groups is 1. The van der Waals surface area contributed by atoms with Crippen molar-refractivity contribution in [3.8, 4) is 0 Å². The Morgan fingerprint density at radius 1 is 1.29 bits per heavy atom. The minimum Gasteiger partial charge on any atom is -0.450 e. The van der Waals surface area contributed by atoms with E-state index in [1.165, 1.54) is 0 Å². The molecule has 1 N–H and O–H groups in total. The number of rotatable bonds is 2. The Morgan fingerprint density at radius 2 is 2.00 bits per heavy atom. The van der Waals surface area contributed by atoms with Gasteiger partial charge < -0.3 is 9.84 Å². The number of aliphatic hydroxyl groups excluding tert-OH is 1. The van der Waals surface area contributed by atoms with Gasteiger partial charge in [-0.25, -0.2) is 4.79 Å². The summed E-state index contributed by atoms with van der Waals surface area (Å²) in [4.78, 5) is 11.1. The van der Waals surface area contributed by atoms with Gasteiger partial charge in [-0.15, -0.1) is 0 Å². The number of carbonyl (C=O) groups excluding carboxylic acids is 1. The standard InChI is InChI=1S/C11H10O3/c12-7-9-6-10(14-11(9)13)8-4-2-1-3-5-8/h1-6,10,12H,7H2/t10-/m0/s1. The Hall–Kier alpha value is -1.61. The van der Waals surface area contributed by atoms with Crippen molar-refractivity contribution >= 4 is 5.97 Å². The first-order valence-corrected chi connectivity index (χ1v) is 4.39. The molecular formula is C11H10O3. The predicted molar refractivity (Wildman–Crippen MR) is 50.4 cm³/mol. The summed E-state index contributed by atoms with van der Waals surface area (Å²) in [5, 5.41) is 8.83. The van der Waals surface area contributed by atoms with Gasteiger partial charge in [0.15, 0.2) is 0 Å². The van der Waals surface area contributed by atoms with Gasteiger partial charge in [0.1, 0.15) is 6.10 Å². The molecule has 0 bridgehead atoms. The first-order chi connectivity index (χ1) is 6.81. The summed E-state index contributed by atoms with van der Waals surface area (Å²) in [5.74, 6) is -0.429. The molecule has 3 nitrogen and oxygen atoms in total. The van der Waals surface area contributed by atoms with Gasteiger partial charge in [-0.05, 0) is 11.6 Å². The molecule has 72 valence electrons. The van der Waals surface area contributed by atoms with E-state index in [-0.39, 0.29) is 12.7 Å². The van der Waals surface area contributed by atoms with Crippen molar-refractivity contribution in [3.63, 3.8) is 0 Å². The predicted octanol–water partition coefficient (Wildman–Crippen LogP) is 1.20. The van der Waals surface area contributed by atoms with Gasteiger partial charge in [0.25, 0.3) is 0 Å². The fourth-order valence-corrected chi connectivity index (χ4v) is 1.40. The van der Waals surface area contributed by atoms with Crippen LogP contribution in [0.2, 0.25) is 0 Å². The highest BCUT2D eigenvalue weighted by atomic mass is 16.5. The zero-order valence-corrected chi connectivity index (χ0v) is 7.51. The summed E-state index contributed by atoms with van der Waals surface area (Å²) >= 11 is 0.